The number of thiophene rings is 1. The van der Waals surface area contributed by atoms with Gasteiger partial charge in [-0.25, -0.2) is 21.1 Å². The van der Waals surface area contributed by atoms with Crippen LogP contribution in [0, 0.1) is 0 Å². The average molecular weight is 542 g/mol. The van der Waals surface area contributed by atoms with Gasteiger partial charge in [0.25, 0.3) is 10.0 Å². The number of aliphatic hydroxyl groups is 1. The molecule has 0 bridgehead atoms. The summed E-state index contributed by atoms with van der Waals surface area (Å²) in [4.78, 5) is 1.77. The monoisotopic (exact) mass is 541 g/mol. The molecule has 1 N–H and O–H groups in total. The summed E-state index contributed by atoms with van der Waals surface area (Å²) < 4.78 is 92.2. The van der Waals surface area contributed by atoms with Gasteiger partial charge >= 0.3 is 6.18 Å². The van der Waals surface area contributed by atoms with Crippen molar-refractivity contribution >= 4 is 37.1 Å². The van der Waals surface area contributed by atoms with Crippen LogP contribution in [-0.2, 0) is 25.6 Å². The van der Waals surface area contributed by atoms with Crippen LogP contribution in [0.1, 0.15) is 12.5 Å². The van der Waals surface area contributed by atoms with E-state index >= 15 is 0 Å². The Hall–Kier alpha value is -1.71. The second-order valence-corrected chi connectivity index (χ2v) is 13.5. The average Bonchev–Trinajstić information content (AvgIpc) is 3.28. The number of nitrogens with zero attached hydrogens (tertiary/aromatic N) is 3. The summed E-state index contributed by atoms with van der Waals surface area (Å²) in [5.74, 6) is 0. The first kappa shape index (κ1) is 26.9. The zero-order valence-corrected chi connectivity index (χ0v) is 21.2. The van der Waals surface area contributed by atoms with Crippen LogP contribution in [0.4, 0.5) is 18.9 Å². The molecule has 2 atom stereocenters. The summed E-state index contributed by atoms with van der Waals surface area (Å²) >= 11 is 1.08. The minimum absolute atomic E-state index is 0.0118. The molecular formula is C20H26F3N3O5S3. The van der Waals surface area contributed by atoms with E-state index in [4.69, 9.17) is 0 Å². The molecule has 0 saturated carbocycles. The summed E-state index contributed by atoms with van der Waals surface area (Å²) in [6.45, 7) is 0.933. The second-order valence-electron chi connectivity index (χ2n) is 8.30. The topological polar surface area (TPSA) is 98.2 Å². The fourth-order valence-corrected chi connectivity index (χ4v) is 6.71. The molecule has 0 aliphatic carbocycles. The first-order valence-corrected chi connectivity index (χ1v) is 14.3. The maximum Gasteiger partial charge on any atom is 0.421 e. The van der Waals surface area contributed by atoms with Crippen molar-refractivity contribution in [3.05, 3.63) is 47.3 Å². The van der Waals surface area contributed by atoms with Gasteiger partial charge in [0.05, 0.1) is 12.3 Å². The molecule has 190 valence electrons. The number of hydrogen-bond donors (Lipinski definition) is 1. The van der Waals surface area contributed by atoms with Gasteiger partial charge in [-0.1, -0.05) is 18.2 Å². The van der Waals surface area contributed by atoms with Crippen LogP contribution in [0.3, 0.4) is 0 Å². The number of piperazine rings is 1. The smallest absolute Gasteiger partial charge is 0.376 e. The summed E-state index contributed by atoms with van der Waals surface area (Å²) in [5, 5.41) is 11.6. The van der Waals surface area contributed by atoms with Gasteiger partial charge in [-0.15, -0.1) is 11.3 Å². The zero-order chi connectivity index (χ0) is 25.5. The molecule has 34 heavy (non-hydrogen) atoms. The van der Waals surface area contributed by atoms with Crippen LogP contribution in [0.25, 0.3) is 0 Å². The highest BCUT2D eigenvalue weighted by molar-refractivity contribution is 7.91. The maximum absolute atomic E-state index is 13.2. The van der Waals surface area contributed by atoms with Crippen LogP contribution >= 0.6 is 11.3 Å². The van der Waals surface area contributed by atoms with E-state index in [2.05, 4.69) is 0 Å². The number of likely N-dealkylation sites (N-methyl/N-ethyl adjacent to an activating group) is 1. The van der Waals surface area contributed by atoms with Gasteiger partial charge in [-0.2, -0.15) is 17.5 Å². The van der Waals surface area contributed by atoms with E-state index in [0.29, 0.717) is 12.6 Å². The Kier molecular flexibility index (Phi) is 7.43. The number of alkyl halides is 3. The van der Waals surface area contributed by atoms with E-state index in [-0.39, 0.29) is 36.0 Å². The lowest BCUT2D eigenvalue weighted by molar-refractivity contribution is -0.258. The van der Waals surface area contributed by atoms with Gasteiger partial charge in [-0.3, -0.25) is 0 Å². The minimum atomic E-state index is -4.86. The van der Waals surface area contributed by atoms with E-state index in [1.54, 1.807) is 16.3 Å². The Balaban J connectivity index is 1.91. The summed E-state index contributed by atoms with van der Waals surface area (Å²) in [5.41, 5.74) is -2.89. The van der Waals surface area contributed by atoms with E-state index in [9.17, 15) is 35.1 Å². The van der Waals surface area contributed by atoms with Gasteiger partial charge in [-0.05, 0) is 36.1 Å². The van der Waals surface area contributed by atoms with Crippen molar-refractivity contribution in [2.45, 2.75) is 29.0 Å². The highest BCUT2D eigenvalue weighted by atomic mass is 32.2. The molecule has 2 aromatic rings. The lowest BCUT2D eigenvalue weighted by atomic mass is 9.95. The molecule has 14 heteroatoms. The fraction of sp³-hybridized carbons (Fsp3) is 0.500. The van der Waals surface area contributed by atoms with Gasteiger partial charge < -0.3 is 10.0 Å². The molecule has 2 heterocycles. The van der Waals surface area contributed by atoms with E-state index < -0.39 is 37.9 Å². The van der Waals surface area contributed by atoms with Gasteiger partial charge in [0.1, 0.15) is 4.21 Å². The lowest BCUT2D eigenvalue weighted by Gasteiger charge is -2.43. The quantitative estimate of drug-likeness (QED) is 0.578. The number of benzene rings is 1. The molecule has 1 aliphatic rings. The van der Waals surface area contributed by atoms with Crippen LogP contribution < -0.4 is 4.90 Å². The van der Waals surface area contributed by atoms with Crippen molar-refractivity contribution in [1.29, 1.82) is 0 Å². The van der Waals surface area contributed by atoms with E-state index in [1.165, 1.54) is 29.6 Å². The molecule has 0 spiro atoms. The first-order valence-electron chi connectivity index (χ1n) is 10.2. The summed E-state index contributed by atoms with van der Waals surface area (Å²) in [7, 11) is -5.96. The zero-order valence-electron chi connectivity index (χ0n) is 18.7. The van der Waals surface area contributed by atoms with Crippen molar-refractivity contribution in [2.75, 3.05) is 44.4 Å². The molecule has 1 fully saturated rings. The minimum Gasteiger partial charge on any atom is -0.376 e. The van der Waals surface area contributed by atoms with Crippen molar-refractivity contribution in [1.82, 2.24) is 8.61 Å². The molecule has 8 nitrogen and oxygen atoms in total. The number of halogens is 3. The van der Waals surface area contributed by atoms with Crippen molar-refractivity contribution in [3.63, 3.8) is 0 Å². The van der Waals surface area contributed by atoms with Gasteiger partial charge in [0, 0.05) is 38.9 Å². The molecule has 1 saturated heterocycles. The second kappa shape index (κ2) is 9.39. The van der Waals surface area contributed by atoms with Crippen LogP contribution in [0.15, 0.2) is 46.0 Å². The van der Waals surface area contributed by atoms with Gasteiger partial charge in [0.15, 0.2) is 5.60 Å². The molecule has 0 unspecified atom stereocenters. The normalized spacial score (nSPS) is 20.5. The van der Waals surface area contributed by atoms with E-state index in [0.717, 1.165) is 34.0 Å². The molecule has 3 rings (SSSR count). The Morgan fingerprint density at radius 3 is 2.24 bits per heavy atom. The summed E-state index contributed by atoms with van der Waals surface area (Å²) in [6, 6.07) is 7.66. The number of sulfonamides is 2. The number of hydrogen-bond acceptors (Lipinski definition) is 7. The Labute approximate surface area is 201 Å². The Bertz CT molecular complexity index is 1200. The SMILES string of the molecule is CN(C[C@H]1CN(S(=O)(=O)c2cccs2)CCN1c1ccc([C@](C)(O)C(F)(F)F)cc1)S(C)(=O)=O. The highest BCUT2D eigenvalue weighted by Gasteiger charge is 2.51. The fourth-order valence-electron chi connectivity index (χ4n) is 3.65. The molecule has 1 aliphatic heterocycles. The third-order valence-electron chi connectivity index (χ3n) is 5.88. The predicted octanol–water partition coefficient (Wildman–Crippen LogP) is 2.29. The number of anilines is 1. The van der Waals surface area contributed by atoms with Crippen molar-refractivity contribution < 1.29 is 35.1 Å². The Morgan fingerprint density at radius 2 is 1.74 bits per heavy atom. The molecule has 1 aromatic carbocycles. The molecule has 1 aromatic heterocycles. The highest BCUT2D eigenvalue weighted by Crippen LogP contribution is 2.39. The Morgan fingerprint density at radius 1 is 1.12 bits per heavy atom. The predicted molar refractivity (Wildman–Crippen MR) is 124 cm³/mol. The van der Waals surface area contributed by atoms with Gasteiger partial charge in [0.2, 0.25) is 10.0 Å². The van der Waals surface area contributed by atoms with Crippen LogP contribution in [0.5, 0.6) is 0 Å². The van der Waals surface area contributed by atoms with Crippen molar-refractivity contribution in [2.24, 2.45) is 0 Å². The standard InChI is InChI=1S/C20H26F3N3O5S3/c1-19(27,20(21,22)23)15-6-8-16(9-7-15)26-11-10-25(34(30,31)18-5-4-12-32-18)14-17(26)13-24(2)33(3,28)29/h4-9,12,17,27H,10-11,13-14H2,1-3H3/t17-,19-/m0/s1. The third-order valence-corrected chi connectivity index (χ3v) is 10.4. The van der Waals surface area contributed by atoms with Crippen LogP contribution in [0.2, 0.25) is 0 Å². The molecular weight excluding hydrogens is 515 g/mol. The molecule has 0 amide bonds. The van der Waals surface area contributed by atoms with Crippen LogP contribution in [-0.4, -0.2) is 82.3 Å². The largest absolute Gasteiger partial charge is 0.421 e. The van der Waals surface area contributed by atoms with Crippen molar-refractivity contribution in [3.8, 4) is 0 Å². The first-order chi connectivity index (χ1) is 15.5. The maximum atomic E-state index is 13.2. The van der Waals surface area contributed by atoms with E-state index in [1.807, 2.05) is 0 Å². The summed E-state index contributed by atoms with van der Waals surface area (Å²) in [6.07, 6.45) is -3.83. The third kappa shape index (κ3) is 5.41. The molecule has 0 radical (unpaired) electrons. The lowest BCUT2D eigenvalue weighted by Crippen LogP contribution is -2.58. The number of rotatable bonds is 7.